The molecular formula is C24H23IN2O5S. The molecule has 0 spiro atoms. The molecule has 3 amide bonds. The molecule has 1 saturated heterocycles. The zero-order valence-corrected chi connectivity index (χ0v) is 21.3. The third kappa shape index (κ3) is 5.03. The SMILES string of the molecule is CCOc1cc(/C=C2/SC(=O)N(CC(=O)N3CCc4ccccc4C3)C2=O)cc(I)c1OC. The van der Waals surface area contributed by atoms with Crippen LogP contribution in [0.15, 0.2) is 41.3 Å². The zero-order chi connectivity index (χ0) is 23.5. The Kier molecular flexibility index (Phi) is 7.28. The molecule has 0 unspecified atom stereocenters. The van der Waals surface area contributed by atoms with E-state index in [1.54, 1.807) is 24.2 Å². The van der Waals surface area contributed by atoms with E-state index in [9.17, 15) is 14.4 Å². The van der Waals surface area contributed by atoms with Crippen LogP contribution in [0.1, 0.15) is 23.6 Å². The molecule has 2 aliphatic rings. The molecule has 4 rings (SSSR count). The first-order chi connectivity index (χ1) is 15.9. The summed E-state index contributed by atoms with van der Waals surface area (Å²) in [6.45, 7) is 3.16. The van der Waals surface area contributed by atoms with Crippen molar-refractivity contribution in [3.63, 3.8) is 0 Å². The number of hydrogen-bond donors (Lipinski definition) is 0. The van der Waals surface area contributed by atoms with E-state index < -0.39 is 11.1 Å². The van der Waals surface area contributed by atoms with Gasteiger partial charge in [0.1, 0.15) is 6.54 Å². The van der Waals surface area contributed by atoms with Crippen LogP contribution < -0.4 is 9.47 Å². The summed E-state index contributed by atoms with van der Waals surface area (Å²) in [6, 6.07) is 11.6. The Morgan fingerprint density at radius 3 is 2.70 bits per heavy atom. The average molecular weight is 578 g/mol. The number of rotatable bonds is 6. The molecule has 0 saturated carbocycles. The summed E-state index contributed by atoms with van der Waals surface area (Å²) in [5.74, 6) is 0.500. The molecule has 0 atom stereocenters. The molecule has 2 aromatic rings. The average Bonchev–Trinajstić information content (AvgIpc) is 3.06. The highest BCUT2D eigenvalue weighted by Crippen LogP contribution is 2.37. The van der Waals surface area contributed by atoms with Crippen molar-refractivity contribution in [2.24, 2.45) is 0 Å². The van der Waals surface area contributed by atoms with Crippen molar-refractivity contribution in [3.05, 3.63) is 61.6 Å². The van der Waals surface area contributed by atoms with Crippen molar-refractivity contribution in [1.29, 1.82) is 0 Å². The van der Waals surface area contributed by atoms with Gasteiger partial charge < -0.3 is 14.4 Å². The highest BCUT2D eigenvalue weighted by Gasteiger charge is 2.37. The number of carbonyl (C=O) groups is 3. The Morgan fingerprint density at radius 1 is 1.21 bits per heavy atom. The lowest BCUT2D eigenvalue weighted by Crippen LogP contribution is -2.44. The van der Waals surface area contributed by atoms with Crippen LogP contribution in [-0.4, -0.2) is 53.7 Å². The molecule has 0 aromatic heterocycles. The smallest absolute Gasteiger partial charge is 0.294 e. The summed E-state index contributed by atoms with van der Waals surface area (Å²) in [5, 5.41) is -0.440. The van der Waals surface area contributed by atoms with Crippen molar-refractivity contribution in [1.82, 2.24) is 9.80 Å². The van der Waals surface area contributed by atoms with Gasteiger partial charge in [0.25, 0.3) is 11.1 Å². The molecule has 9 heteroatoms. The highest BCUT2D eigenvalue weighted by molar-refractivity contribution is 14.1. The van der Waals surface area contributed by atoms with Crippen molar-refractivity contribution in [2.75, 3.05) is 26.8 Å². The molecule has 0 radical (unpaired) electrons. The second kappa shape index (κ2) is 10.2. The monoisotopic (exact) mass is 578 g/mol. The van der Waals surface area contributed by atoms with E-state index in [4.69, 9.17) is 9.47 Å². The van der Waals surface area contributed by atoms with E-state index in [0.717, 1.165) is 32.2 Å². The fraction of sp³-hybridized carbons (Fsp3) is 0.292. The van der Waals surface area contributed by atoms with Gasteiger partial charge in [-0.05, 0) is 82.6 Å². The van der Waals surface area contributed by atoms with E-state index in [-0.39, 0.29) is 17.4 Å². The molecule has 0 bridgehead atoms. The fourth-order valence-electron chi connectivity index (χ4n) is 3.86. The minimum Gasteiger partial charge on any atom is -0.492 e. The van der Waals surface area contributed by atoms with E-state index in [2.05, 4.69) is 28.7 Å². The van der Waals surface area contributed by atoms with Gasteiger partial charge in [-0.25, -0.2) is 0 Å². The summed E-state index contributed by atoms with van der Waals surface area (Å²) in [4.78, 5) is 41.4. The van der Waals surface area contributed by atoms with Gasteiger partial charge in [0, 0.05) is 13.1 Å². The first-order valence-corrected chi connectivity index (χ1v) is 12.4. The molecule has 2 aromatic carbocycles. The Hall–Kier alpha value is -2.53. The number of ether oxygens (including phenoxy) is 2. The van der Waals surface area contributed by atoms with Gasteiger partial charge in [0.15, 0.2) is 11.5 Å². The molecule has 172 valence electrons. The standard InChI is InChI=1S/C24H23IN2O5S/c1-3-32-19-11-15(10-18(25)22(19)31-2)12-20-23(29)27(24(30)33-20)14-21(28)26-9-8-16-6-4-5-7-17(16)13-26/h4-7,10-12H,3,8-9,13-14H2,1-2H3/b20-12+. The summed E-state index contributed by atoms with van der Waals surface area (Å²) < 4.78 is 11.9. The number of benzene rings is 2. The van der Waals surface area contributed by atoms with Crippen LogP contribution in [0.3, 0.4) is 0 Å². The van der Waals surface area contributed by atoms with Crippen LogP contribution in [0, 0.1) is 3.57 Å². The summed E-state index contributed by atoms with van der Waals surface area (Å²) in [6.07, 6.45) is 2.42. The first-order valence-electron chi connectivity index (χ1n) is 10.5. The normalized spacial score (nSPS) is 16.9. The lowest BCUT2D eigenvalue weighted by atomic mass is 10.00. The topological polar surface area (TPSA) is 76.2 Å². The third-order valence-corrected chi connectivity index (χ3v) is 7.19. The van der Waals surface area contributed by atoms with Crippen LogP contribution >= 0.6 is 34.4 Å². The lowest BCUT2D eigenvalue weighted by molar-refractivity contribution is -0.136. The Bertz CT molecular complexity index is 1150. The van der Waals surface area contributed by atoms with Crippen molar-refractivity contribution < 1.29 is 23.9 Å². The highest BCUT2D eigenvalue weighted by atomic mass is 127. The van der Waals surface area contributed by atoms with E-state index in [0.29, 0.717) is 36.8 Å². The van der Waals surface area contributed by atoms with Crippen LogP contribution in [0.5, 0.6) is 11.5 Å². The molecule has 2 aliphatic heterocycles. The quantitative estimate of drug-likeness (QED) is 0.376. The molecule has 0 N–H and O–H groups in total. The lowest BCUT2D eigenvalue weighted by Gasteiger charge is -2.29. The number of hydrogen-bond acceptors (Lipinski definition) is 6. The molecular weight excluding hydrogens is 555 g/mol. The molecule has 33 heavy (non-hydrogen) atoms. The number of imide groups is 1. The van der Waals surface area contributed by atoms with Gasteiger partial charge >= 0.3 is 0 Å². The Balaban J connectivity index is 1.49. The molecule has 0 aliphatic carbocycles. The maximum atomic E-state index is 12.9. The number of carbonyl (C=O) groups excluding carboxylic acids is 3. The van der Waals surface area contributed by atoms with Gasteiger partial charge in [-0.2, -0.15) is 0 Å². The molecule has 2 heterocycles. The summed E-state index contributed by atoms with van der Waals surface area (Å²) in [5.41, 5.74) is 3.05. The van der Waals surface area contributed by atoms with Crippen LogP contribution in [0.25, 0.3) is 6.08 Å². The number of methoxy groups -OCH3 is 1. The maximum Gasteiger partial charge on any atom is 0.294 e. The maximum absolute atomic E-state index is 12.9. The van der Waals surface area contributed by atoms with Crippen LogP contribution in [-0.2, 0) is 22.6 Å². The zero-order valence-electron chi connectivity index (χ0n) is 18.3. The second-order valence-corrected chi connectivity index (χ2v) is 9.72. The minimum atomic E-state index is -0.459. The number of thioether (sulfide) groups is 1. The van der Waals surface area contributed by atoms with Crippen molar-refractivity contribution in [3.8, 4) is 11.5 Å². The second-order valence-electron chi connectivity index (χ2n) is 7.57. The Morgan fingerprint density at radius 2 is 1.97 bits per heavy atom. The van der Waals surface area contributed by atoms with Gasteiger partial charge in [0.2, 0.25) is 5.91 Å². The fourth-order valence-corrected chi connectivity index (χ4v) is 5.55. The summed E-state index contributed by atoms with van der Waals surface area (Å²) >= 11 is 2.98. The van der Waals surface area contributed by atoms with Gasteiger partial charge in [0.05, 0.1) is 22.2 Å². The van der Waals surface area contributed by atoms with Gasteiger partial charge in [-0.15, -0.1) is 0 Å². The van der Waals surface area contributed by atoms with E-state index in [1.165, 1.54) is 5.56 Å². The largest absolute Gasteiger partial charge is 0.492 e. The van der Waals surface area contributed by atoms with E-state index >= 15 is 0 Å². The van der Waals surface area contributed by atoms with Gasteiger partial charge in [-0.1, -0.05) is 24.3 Å². The predicted octanol–water partition coefficient (Wildman–Crippen LogP) is 4.32. The Labute approximate surface area is 210 Å². The summed E-state index contributed by atoms with van der Waals surface area (Å²) in [7, 11) is 1.57. The van der Waals surface area contributed by atoms with Crippen molar-refractivity contribution >= 4 is 57.5 Å². The number of amides is 3. The molecule has 1 fully saturated rings. The van der Waals surface area contributed by atoms with Gasteiger partial charge in [-0.3, -0.25) is 19.3 Å². The number of fused-ring (bicyclic) bond motifs is 1. The van der Waals surface area contributed by atoms with Crippen LogP contribution in [0.4, 0.5) is 4.79 Å². The first kappa shape index (κ1) is 23.6. The number of halogens is 1. The predicted molar refractivity (Wildman–Crippen MR) is 135 cm³/mol. The van der Waals surface area contributed by atoms with Crippen molar-refractivity contribution in [2.45, 2.75) is 19.9 Å². The van der Waals surface area contributed by atoms with E-state index in [1.807, 2.05) is 31.2 Å². The minimum absolute atomic E-state index is 0.231. The van der Waals surface area contributed by atoms with Crippen LogP contribution in [0.2, 0.25) is 0 Å². The molecule has 7 nitrogen and oxygen atoms in total. The third-order valence-electron chi connectivity index (χ3n) is 5.48. The number of nitrogens with zero attached hydrogens (tertiary/aromatic N) is 2.